The minimum absolute atomic E-state index is 0.181. The minimum Gasteiger partial charge on any atom is -0.352 e. The Kier molecular flexibility index (Phi) is 6.02. The highest BCUT2D eigenvalue weighted by molar-refractivity contribution is 5.80. The van der Waals surface area contributed by atoms with Crippen molar-refractivity contribution in [3.05, 3.63) is 60.4 Å². The average Bonchev–Trinajstić information content (AvgIpc) is 3.33. The molecule has 1 fully saturated rings. The maximum absolute atomic E-state index is 12.3. The SMILES string of the molecule is CN(C)c1ncc(-c2ccccn2)c(-c2ccc(CNC(=O)C3CCCC3)cc2)n1. The highest BCUT2D eigenvalue weighted by Crippen LogP contribution is 2.30. The van der Waals surface area contributed by atoms with E-state index in [-0.39, 0.29) is 11.8 Å². The number of aromatic nitrogens is 3. The number of hydrogen-bond donors (Lipinski definition) is 1. The molecule has 0 unspecified atom stereocenters. The Bertz CT molecular complexity index is 996. The predicted octanol–water partition coefficient (Wildman–Crippen LogP) is 4.08. The van der Waals surface area contributed by atoms with E-state index < -0.39 is 0 Å². The summed E-state index contributed by atoms with van der Waals surface area (Å²) < 4.78 is 0. The van der Waals surface area contributed by atoms with Crippen LogP contribution in [0.25, 0.3) is 22.5 Å². The van der Waals surface area contributed by atoms with Crippen LogP contribution in [0.1, 0.15) is 31.2 Å². The first-order chi connectivity index (χ1) is 14.6. The van der Waals surface area contributed by atoms with E-state index in [2.05, 4.69) is 15.3 Å². The Hall–Kier alpha value is -3.28. The molecular weight excluding hydrogens is 374 g/mol. The molecular formula is C24H27N5O. The number of carbonyl (C=O) groups is 1. The highest BCUT2D eigenvalue weighted by atomic mass is 16.1. The zero-order chi connectivity index (χ0) is 20.9. The van der Waals surface area contributed by atoms with Crippen molar-refractivity contribution < 1.29 is 4.79 Å². The molecule has 0 atom stereocenters. The van der Waals surface area contributed by atoms with Crippen LogP contribution >= 0.6 is 0 Å². The van der Waals surface area contributed by atoms with Gasteiger partial charge in [0.15, 0.2) is 0 Å². The van der Waals surface area contributed by atoms with Crippen molar-refractivity contribution in [2.45, 2.75) is 32.2 Å². The molecule has 0 saturated heterocycles. The standard InChI is InChI=1S/C24H27N5O/c1-29(2)24-27-16-20(21-9-5-6-14-25-21)22(28-24)18-12-10-17(11-13-18)15-26-23(30)19-7-3-4-8-19/h5-6,9-14,16,19H,3-4,7-8,15H2,1-2H3,(H,26,30). The molecule has 1 N–H and O–H groups in total. The van der Waals surface area contributed by atoms with Gasteiger partial charge in [-0.2, -0.15) is 0 Å². The predicted molar refractivity (Wildman–Crippen MR) is 119 cm³/mol. The zero-order valence-electron chi connectivity index (χ0n) is 17.5. The van der Waals surface area contributed by atoms with E-state index in [1.54, 1.807) is 6.20 Å². The maximum atomic E-state index is 12.3. The lowest BCUT2D eigenvalue weighted by molar-refractivity contribution is -0.124. The topological polar surface area (TPSA) is 71.0 Å². The smallest absolute Gasteiger partial charge is 0.225 e. The number of anilines is 1. The van der Waals surface area contributed by atoms with E-state index in [1.165, 1.54) is 12.8 Å². The number of pyridine rings is 1. The summed E-state index contributed by atoms with van der Waals surface area (Å²) in [4.78, 5) is 27.9. The van der Waals surface area contributed by atoms with Crippen LogP contribution in [0.4, 0.5) is 5.95 Å². The van der Waals surface area contributed by atoms with Gasteiger partial charge in [-0.1, -0.05) is 43.2 Å². The molecule has 30 heavy (non-hydrogen) atoms. The highest BCUT2D eigenvalue weighted by Gasteiger charge is 2.22. The van der Waals surface area contributed by atoms with Gasteiger partial charge in [-0.25, -0.2) is 9.97 Å². The Labute approximate surface area is 177 Å². The Balaban J connectivity index is 1.57. The van der Waals surface area contributed by atoms with Crippen LogP contribution in [-0.2, 0) is 11.3 Å². The molecule has 6 heteroatoms. The monoisotopic (exact) mass is 401 g/mol. The lowest BCUT2D eigenvalue weighted by Gasteiger charge is -2.15. The van der Waals surface area contributed by atoms with Crippen molar-refractivity contribution in [3.8, 4) is 22.5 Å². The molecule has 1 saturated carbocycles. The van der Waals surface area contributed by atoms with Gasteiger partial charge in [0.05, 0.1) is 11.4 Å². The minimum atomic E-state index is 0.181. The number of carbonyl (C=O) groups excluding carboxylic acids is 1. The zero-order valence-corrected chi connectivity index (χ0v) is 17.5. The van der Waals surface area contributed by atoms with E-state index in [1.807, 2.05) is 67.7 Å². The second-order valence-corrected chi connectivity index (χ2v) is 7.94. The van der Waals surface area contributed by atoms with Gasteiger partial charge >= 0.3 is 0 Å². The van der Waals surface area contributed by atoms with Gasteiger partial charge in [-0.3, -0.25) is 9.78 Å². The molecule has 0 bridgehead atoms. The molecule has 6 nitrogen and oxygen atoms in total. The first kappa shape index (κ1) is 20.0. The van der Waals surface area contributed by atoms with Gasteiger partial charge in [0.1, 0.15) is 0 Å². The number of nitrogens with zero attached hydrogens (tertiary/aromatic N) is 4. The molecule has 2 heterocycles. The molecule has 2 aromatic heterocycles. The summed E-state index contributed by atoms with van der Waals surface area (Å²) in [6, 6.07) is 14.0. The lowest BCUT2D eigenvalue weighted by Crippen LogP contribution is -2.28. The first-order valence-electron chi connectivity index (χ1n) is 10.4. The van der Waals surface area contributed by atoms with E-state index in [0.717, 1.165) is 40.9 Å². The number of amides is 1. The molecule has 0 aliphatic heterocycles. The molecule has 4 rings (SSSR count). The second kappa shape index (κ2) is 9.03. The van der Waals surface area contributed by atoms with Crippen LogP contribution in [0.15, 0.2) is 54.9 Å². The second-order valence-electron chi connectivity index (χ2n) is 7.94. The number of benzene rings is 1. The van der Waals surface area contributed by atoms with Crippen LogP contribution in [0.2, 0.25) is 0 Å². The third-order valence-corrected chi connectivity index (χ3v) is 5.54. The van der Waals surface area contributed by atoms with E-state index in [9.17, 15) is 4.79 Å². The summed E-state index contributed by atoms with van der Waals surface area (Å²) in [7, 11) is 3.85. The summed E-state index contributed by atoms with van der Waals surface area (Å²) in [6.07, 6.45) is 7.97. The fourth-order valence-corrected chi connectivity index (χ4v) is 3.82. The molecule has 3 aromatic rings. The third-order valence-electron chi connectivity index (χ3n) is 5.54. The average molecular weight is 402 g/mol. The summed E-state index contributed by atoms with van der Waals surface area (Å²) in [5.41, 5.74) is 4.64. The maximum Gasteiger partial charge on any atom is 0.225 e. The van der Waals surface area contributed by atoms with Crippen LogP contribution in [0, 0.1) is 5.92 Å². The van der Waals surface area contributed by atoms with Crippen LogP contribution in [0.3, 0.4) is 0 Å². The van der Waals surface area contributed by atoms with Crippen molar-refractivity contribution in [1.29, 1.82) is 0 Å². The normalized spacial score (nSPS) is 13.9. The van der Waals surface area contributed by atoms with Gasteiger partial charge in [0.2, 0.25) is 11.9 Å². The number of rotatable bonds is 6. The van der Waals surface area contributed by atoms with Crippen molar-refractivity contribution in [1.82, 2.24) is 20.3 Å². The molecule has 1 aliphatic rings. The molecule has 1 amide bonds. The first-order valence-corrected chi connectivity index (χ1v) is 10.4. The van der Waals surface area contributed by atoms with Crippen LogP contribution in [0.5, 0.6) is 0 Å². The molecule has 1 aliphatic carbocycles. The Morgan fingerprint density at radius 3 is 2.50 bits per heavy atom. The summed E-state index contributed by atoms with van der Waals surface area (Å²) >= 11 is 0. The Morgan fingerprint density at radius 2 is 1.83 bits per heavy atom. The van der Waals surface area contributed by atoms with E-state index >= 15 is 0 Å². The third kappa shape index (κ3) is 4.48. The quantitative estimate of drug-likeness (QED) is 0.674. The summed E-state index contributed by atoms with van der Waals surface area (Å²) in [6.45, 7) is 0.551. The van der Waals surface area contributed by atoms with Crippen LogP contribution in [-0.4, -0.2) is 35.0 Å². The number of hydrogen-bond acceptors (Lipinski definition) is 5. The van der Waals surface area contributed by atoms with Gasteiger partial charge in [-0.05, 0) is 30.5 Å². The Morgan fingerprint density at radius 1 is 1.07 bits per heavy atom. The molecule has 1 aromatic carbocycles. The van der Waals surface area contributed by atoms with Crippen molar-refractivity contribution >= 4 is 11.9 Å². The van der Waals surface area contributed by atoms with Gasteiger partial charge < -0.3 is 10.2 Å². The van der Waals surface area contributed by atoms with E-state index in [4.69, 9.17) is 4.98 Å². The van der Waals surface area contributed by atoms with Crippen molar-refractivity contribution in [3.63, 3.8) is 0 Å². The van der Waals surface area contributed by atoms with Gasteiger partial charge in [-0.15, -0.1) is 0 Å². The largest absolute Gasteiger partial charge is 0.352 e. The van der Waals surface area contributed by atoms with Crippen molar-refractivity contribution in [2.24, 2.45) is 5.92 Å². The fourth-order valence-electron chi connectivity index (χ4n) is 3.82. The van der Waals surface area contributed by atoms with Crippen molar-refractivity contribution in [2.75, 3.05) is 19.0 Å². The molecule has 0 spiro atoms. The summed E-state index contributed by atoms with van der Waals surface area (Å²) in [5, 5.41) is 3.08. The number of nitrogens with one attached hydrogen (secondary N) is 1. The van der Waals surface area contributed by atoms with Gasteiger partial charge in [0, 0.05) is 50.1 Å². The molecule has 0 radical (unpaired) electrons. The van der Waals surface area contributed by atoms with Crippen LogP contribution < -0.4 is 10.2 Å². The van der Waals surface area contributed by atoms with E-state index in [0.29, 0.717) is 12.5 Å². The molecule has 154 valence electrons. The van der Waals surface area contributed by atoms with Gasteiger partial charge in [0.25, 0.3) is 0 Å². The fraction of sp³-hybridized carbons (Fsp3) is 0.333. The lowest BCUT2D eigenvalue weighted by atomic mass is 10.0. The summed E-state index contributed by atoms with van der Waals surface area (Å²) in [5.74, 6) is 1.02.